The Morgan fingerprint density at radius 3 is 2.62 bits per heavy atom. The average molecular weight is 523 g/mol. The third kappa shape index (κ3) is 4.85. The molecule has 37 heavy (non-hydrogen) atoms. The number of anilines is 1. The minimum atomic E-state index is -0.397. The zero-order chi connectivity index (χ0) is 25.4. The number of rotatable bonds is 4. The molecule has 0 spiro atoms. The van der Waals surface area contributed by atoms with E-state index in [1.54, 1.807) is 41.3 Å². The minimum Gasteiger partial charge on any atom is -0.486 e. The van der Waals surface area contributed by atoms with Crippen LogP contribution in [0.5, 0.6) is 11.5 Å². The Morgan fingerprint density at radius 1 is 1.03 bits per heavy atom. The second-order valence-electron chi connectivity index (χ2n) is 8.72. The summed E-state index contributed by atoms with van der Waals surface area (Å²) in [6.07, 6.45) is 0. The zero-order valence-corrected chi connectivity index (χ0v) is 20.5. The highest BCUT2D eigenvalue weighted by Crippen LogP contribution is 2.32. The van der Waals surface area contributed by atoms with Crippen molar-refractivity contribution in [3.8, 4) is 22.1 Å². The summed E-state index contributed by atoms with van der Waals surface area (Å²) in [6, 6.07) is 12.9. The monoisotopic (exact) mass is 522 g/mol. The summed E-state index contributed by atoms with van der Waals surface area (Å²) in [5, 5.41) is 7.58. The van der Waals surface area contributed by atoms with Gasteiger partial charge in [-0.1, -0.05) is 23.5 Å². The van der Waals surface area contributed by atoms with Gasteiger partial charge < -0.3 is 19.7 Å². The first-order valence-corrected chi connectivity index (χ1v) is 12.7. The minimum absolute atomic E-state index is 0.181. The summed E-state index contributed by atoms with van der Waals surface area (Å²) in [4.78, 5) is 34.3. The molecule has 2 aliphatic rings. The van der Waals surface area contributed by atoms with Crippen molar-refractivity contribution in [1.29, 1.82) is 0 Å². The summed E-state index contributed by atoms with van der Waals surface area (Å²) in [5.41, 5.74) is 1.29. The van der Waals surface area contributed by atoms with Gasteiger partial charge in [0.05, 0.1) is 5.69 Å². The Kier molecular flexibility index (Phi) is 6.18. The Balaban J connectivity index is 1.08. The Hall–Kier alpha value is -4.03. The van der Waals surface area contributed by atoms with Crippen LogP contribution in [0.4, 0.5) is 14.9 Å². The molecule has 0 bridgehead atoms. The van der Waals surface area contributed by atoms with Crippen LogP contribution in [0, 0.1) is 5.82 Å². The van der Waals surface area contributed by atoms with Gasteiger partial charge in [-0.3, -0.25) is 9.69 Å². The molecule has 1 fully saturated rings. The maximum absolute atomic E-state index is 14.2. The van der Waals surface area contributed by atoms with Crippen LogP contribution in [-0.4, -0.2) is 69.8 Å². The molecule has 0 atom stereocenters. The van der Waals surface area contributed by atoms with Crippen LogP contribution >= 0.6 is 11.3 Å². The molecule has 2 aromatic heterocycles. The molecule has 2 aliphatic heterocycles. The van der Waals surface area contributed by atoms with Gasteiger partial charge >= 0.3 is 6.03 Å². The van der Waals surface area contributed by atoms with Crippen LogP contribution < -0.4 is 20.3 Å². The van der Waals surface area contributed by atoms with Gasteiger partial charge in [0.1, 0.15) is 19.0 Å². The topological polar surface area (TPSA) is 101 Å². The van der Waals surface area contributed by atoms with Gasteiger partial charge in [0.2, 0.25) is 4.96 Å². The number of hydrogen-bond donors (Lipinski definition) is 1. The fraction of sp³-hybridized carbons (Fsp3) is 0.280. The molecule has 4 aromatic rings. The SMILES string of the molecule is O=C(Nc1ccc2c(c1)OCCO2)N1CCN(Cc2cc(=O)n3nc(-c4ccccc4F)sc3n2)CC1. The second-order valence-corrected chi connectivity index (χ2v) is 9.67. The molecular weight excluding hydrogens is 499 g/mol. The lowest BCUT2D eigenvalue weighted by Gasteiger charge is -2.34. The number of urea groups is 1. The van der Waals surface area contributed by atoms with E-state index >= 15 is 0 Å². The third-order valence-corrected chi connectivity index (χ3v) is 7.18. The number of piperazine rings is 1. The van der Waals surface area contributed by atoms with Crippen molar-refractivity contribution in [1.82, 2.24) is 24.4 Å². The summed E-state index contributed by atoms with van der Waals surface area (Å²) in [5.74, 6) is 0.896. The number of fused-ring (bicyclic) bond motifs is 2. The van der Waals surface area contributed by atoms with Gasteiger partial charge in [-0.25, -0.2) is 14.2 Å². The van der Waals surface area contributed by atoms with Crippen molar-refractivity contribution < 1.29 is 18.7 Å². The Morgan fingerprint density at radius 2 is 1.81 bits per heavy atom. The summed E-state index contributed by atoms with van der Waals surface area (Å²) in [7, 11) is 0. The van der Waals surface area contributed by atoms with Gasteiger partial charge in [0, 0.05) is 56.1 Å². The summed E-state index contributed by atoms with van der Waals surface area (Å²) >= 11 is 1.17. The Labute approximate surface area is 214 Å². The largest absolute Gasteiger partial charge is 0.486 e. The van der Waals surface area contributed by atoms with E-state index in [0.29, 0.717) is 84.3 Å². The average Bonchev–Trinajstić information content (AvgIpc) is 3.34. The smallest absolute Gasteiger partial charge is 0.321 e. The van der Waals surface area contributed by atoms with E-state index in [1.807, 2.05) is 0 Å². The number of aromatic nitrogens is 3. The van der Waals surface area contributed by atoms with Crippen LogP contribution in [0.15, 0.2) is 53.3 Å². The van der Waals surface area contributed by atoms with E-state index in [9.17, 15) is 14.0 Å². The molecule has 190 valence electrons. The van der Waals surface area contributed by atoms with Crippen molar-refractivity contribution in [2.24, 2.45) is 0 Å². The standard InChI is InChI=1S/C25H23FN6O4S/c26-19-4-2-1-3-18(19)23-29-32-22(33)14-17(28-25(32)37-23)15-30-7-9-31(10-8-30)24(34)27-16-5-6-20-21(13-16)36-12-11-35-20/h1-6,13-14H,7-12,15H2,(H,27,34). The van der Waals surface area contributed by atoms with E-state index in [0.717, 1.165) is 0 Å². The van der Waals surface area contributed by atoms with Crippen LogP contribution in [-0.2, 0) is 6.54 Å². The number of ether oxygens (including phenoxy) is 2. The number of nitrogens with zero attached hydrogens (tertiary/aromatic N) is 5. The first-order chi connectivity index (χ1) is 18.0. The van der Waals surface area contributed by atoms with Crippen LogP contribution in [0.1, 0.15) is 5.69 Å². The molecule has 2 aromatic carbocycles. The van der Waals surface area contributed by atoms with Crippen molar-refractivity contribution in [2.75, 3.05) is 44.7 Å². The van der Waals surface area contributed by atoms with Gasteiger partial charge in [-0.2, -0.15) is 9.61 Å². The number of halogens is 1. The highest BCUT2D eigenvalue weighted by atomic mass is 32.1. The second kappa shape index (κ2) is 9.79. The van der Waals surface area contributed by atoms with E-state index in [2.05, 4.69) is 20.3 Å². The molecule has 0 aliphatic carbocycles. The zero-order valence-electron chi connectivity index (χ0n) is 19.7. The highest BCUT2D eigenvalue weighted by Gasteiger charge is 2.23. The molecule has 1 saturated heterocycles. The lowest BCUT2D eigenvalue weighted by Crippen LogP contribution is -2.49. The third-order valence-electron chi connectivity index (χ3n) is 6.24. The van der Waals surface area contributed by atoms with E-state index < -0.39 is 5.82 Å². The van der Waals surface area contributed by atoms with Crippen molar-refractivity contribution in [2.45, 2.75) is 6.54 Å². The molecule has 6 rings (SSSR count). The normalized spacial score (nSPS) is 15.6. The van der Waals surface area contributed by atoms with Crippen molar-refractivity contribution in [3.05, 3.63) is 70.4 Å². The molecular formula is C25H23FN6O4S. The fourth-order valence-corrected chi connectivity index (χ4v) is 5.29. The number of amides is 2. The fourth-order valence-electron chi connectivity index (χ4n) is 4.34. The van der Waals surface area contributed by atoms with Gasteiger partial charge in [-0.05, 0) is 24.3 Å². The predicted molar refractivity (Wildman–Crippen MR) is 136 cm³/mol. The molecule has 10 nitrogen and oxygen atoms in total. The van der Waals surface area contributed by atoms with Crippen molar-refractivity contribution >= 4 is 28.0 Å². The lowest BCUT2D eigenvalue weighted by molar-refractivity contribution is 0.142. The quantitative estimate of drug-likeness (QED) is 0.440. The molecule has 2 amide bonds. The van der Waals surface area contributed by atoms with Gasteiger partial charge in [-0.15, -0.1) is 0 Å². The molecule has 0 radical (unpaired) electrons. The molecule has 12 heteroatoms. The molecule has 0 unspecified atom stereocenters. The first kappa shape index (κ1) is 23.4. The van der Waals surface area contributed by atoms with E-state index in [1.165, 1.54) is 28.0 Å². The van der Waals surface area contributed by atoms with E-state index in [4.69, 9.17) is 9.47 Å². The van der Waals surface area contributed by atoms with Crippen LogP contribution in [0.2, 0.25) is 0 Å². The lowest BCUT2D eigenvalue weighted by atomic mass is 10.2. The predicted octanol–water partition coefficient (Wildman–Crippen LogP) is 3.08. The molecule has 1 N–H and O–H groups in total. The summed E-state index contributed by atoms with van der Waals surface area (Å²) in [6.45, 7) is 3.82. The van der Waals surface area contributed by atoms with Crippen LogP contribution in [0.3, 0.4) is 0 Å². The Bertz CT molecular complexity index is 1530. The molecule has 4 heterocycles. The van der Waals surface area contributed by atoms with Crippen molar-refractivity contribution in [3.63, 3.8) is 0 Å². The number of nitrogens with one attached hydrogen (secondary N) is 1. The number of hydrogen-bond acceptors (Lipinski definition) is 8. The number of carbonyl (C=O) groups is 1. The van der Waals surface area contributed by atoms with Crippen LogP contribution in [0.25, 0.3) is 15.5 Å². The van der Waals surface area contributed by atoms with E-state index in [-0.39, 0.29) is 11.6 Å². The van der Waals surface area contributed by atoms with Gasteiger partial charge in [0.15, 0.2) is 16.5 Å². The maximum atomic E-state index is 14.2. The summed E-state index contributed by atoms with van der Waals surface area (Å²) < 4.78 is 26.5. The maximum Gasteiger partial charge on any atom is 0.321 e. The highest BCUT2D eigenvalue weighted by molar-refractivity contribution is 7.19. The number of carbonyl (C=O) groups excluding carboxylic acids is 1. The van der Waals surface area contributed by atoms with Gasteiger partial charge in [0.25, 0.3) is 5.56 Å². The molecule has 0 saturated carbocycles. The first-order valence-electron chi connectivity index (χ1n) is 11.9. The number of benzene rings is 2.